The zero-order chi connectivity index (χ0) is 11.0. The van der Waals surface area contributed by atoms with Crippen molar-refractivity contribution in [3.05, 3.63) is 55.3 Å². The van der Waals surface area contributed by atoms with Crippen LogP contribution in [0.25, 0.3) is 0 Å². The number of thiophene rings is 1. The van der Waals surface area contributed by atoms with Gasteiger partial charge in [0.2, 0.25) is 0 Å². The molecule has 1 unspecified atom stereocenters. The third kappa shape index (κ3) is 1.92. The molecule has 0 fully saturated rings. The van der Waals surface area contributed by atoms with Crippen molar-refractivity contribution in [1.82, 2.24) is 5.32 Å². The van der Waals surface area contributed by atoms with Gasteiger partial charge in [-0.05, 0) is 63.7 Å². The molecular weight excluding hydrogens is 329 g/mol. The molecule has 1 N–H and O–H groups in total. The lowest BCUT2D eigenvalue weighted by molar-refractivity contribution is 0.574. The summed E-state index contributed by atoms with van der Waals surface area (Å²) >= 11 is 4.26. The standard InChI is InChI=1S/C13H12INS/c14-10-3-1-2-9(8-10)13-11-5-7-16-12(11)4-6-15-13/h1-3,5,7-8,13,15H,4,6H2. The summed E-state index contributed by atoms with van der Waals surface area (Å²) in [5.74, 6) is 0. The lowest BCUT2D eigenvalue weighted by Crippen LogP contribution is -2.29. The van der Waals surface area contributed by atoms with E-state index in [0.29, 0.717) is 6.04 Å². The minimum absolute atomic E-state index is 0.393. The fourth-order valence-corrected chi connectivity index (χ4v) is 3.72. The van der Waals surface area contributed by atoms with E-state index < -0.39 is 0 Å². The second-order valence-corrected chi connectivity index (χ2v) is 6.24. The predicted molar refractivity (Wildman–Crippen MR) is 77.0 cm³/mol. The van der Waals surface area contributed by atoms with E-state index in [4.69, 9.17) is 0 Å². The van der Waals surface area contributed by atoms with Gasteiger partial charge in [-0.1, -0.05) is 12.1 Å². The maximum Gasteiger partial charge on any atom is 0.0588 e. The Bertz CT molecular complexity index is 506. The Hall–Kier alpha value is -0.390. The maximum atomic E-state index is 3.61. The lowest BCUT2D eigenvalue weighted by atomic mass is 9.96. The largest absolute Gasteiger partial charge is 0.306 e. The second kappa shape index (κ2) is 4.47. The normalized spacial score (nSPS) is 19.4. The molecule has 0 radical (unpaired) electrons. The number of rotatable bonds is 1. The summed E-state index contributed by atoms with van der Waals surface area (Å²) < 4.78 is 1.30. The number of hydrogen-bond acceptors (Lipinski definition) is 2. The molecule has 3 heteroatoms. The van der Waals surface area contributed by atoms with Crippen molar-refractivity contribution in [2.75, 3.05) is 6.54 Å². The third-order valence-corrected chi connectivity index (χ3v) is 4.64. The van der Waals surface area contributed by atoms with Crippen LogP contribution in [0.15, 0.2) is 35.7 Å². The number of halogens is 1. The van der Waals surface area contributed by atoms with E-state index in [0.717, 1.165) is 6.54 Å². The number of nitrogens with one attached hydrogen (secondary N) is 1. The van der Waals surface area contributed by atoms with Crippen LogP contribution in [0, 0.1) is 3.57 Å². The van der Waals surface area contributed by atoms with Crippen LogP contribution in [0.4, 0.5) is 0 Å². The Balaban J connectivity index is 2.04. The van der Waals surface area contributed by atoms with Crippen LogP contribution in [0.5, 0.6) is 0 Å². The second-order valence-electron chi connectivity index (χ2n) is 3.99. The van der Waals surface area contributed by atoms with Gasteiger partial charge in [0.25, 0.3) is 0 Å². The molecule has 1 nitrogen and oxygen atoms in total. The third-order valence-electron chi connectivity index (χ3n) is 2.97. The van der Waals surface area contributed by atoms with Gasteiger partial charge in [-0.25, -0.2) is 0 Å². The summed E-state index contributed by atoms with van der Waals surface area (Å²) in [6.45, 7) is 1.09. The number of benzene rings is 1. The van der Waals surface area contributed by atoms with Crippen molar-refractivity contribution in [1.29, 1.82) is 0 Å². The number of hydrogen-bond donors (Lipinski definition) is 1. The van der Waals surface area contributed by atoms with E-state index in [1.807, 2.05) is 11.3 Å². The zero-order valence-electron chi connectivity index (χ0n) is 8.74. The molecule has 82 valence electrons. The minimum Gasteiger partial charge on any atom is -0.306 e. The molecule has 1 aromatic carbocycles. The van der Waals surface area contributed by atoms with Gasteiger partial charge in [-0.15, -0.1) is 11.3 Å². The minimum atomic E-state index is 0.393. The summed E-state index contributed by atoms with van der Waals surface area (Å²) in [6, 6.07) is 11.4. The van der Waals surface area contributed by atoms with E-state index in [-0.39, 0.29) is 0 Å². The van der Waals surface area contributed by atoms with E-state index >= 15 is 0 Å². The Morgan fingerprint density at radius 1 is 1.31 bits per heavy atom. The summed E-state index contributed by atoms with van der Waals surface area (Å²) in [4.78, 5) is 1.54. The fraction of sp³-hybridized carbons (Fsp3) is 0.231. The quantitative estimate of drug-likeness (QED) is 0.782. The molecule has 0 bridgehead atoms. The molecule has 1 aromatic heterocycles. The topological polar surface area (TPSA) is 12.0 Å². The summed E-state index contributed by atoms with van der Waals surface area (Å²) in [7, 11) is 0. The van der Waals surface area contributed by atoms with Gasteiger partial charge in [0.15, 0.2) is 0 Å². The van der Waals surface area contributed by atoms with Crippen LogP contribution < -0.4 is 5.32 Å². The molecule has 16 heavy (non-hydrogen) atoms. The first-order valence-electron chi connectivity index (χ1n) is 5.40. The highest BCUT2D eigenvalue weighted by molar-refractivity contribution is 14.1. The van der Waals surface area contributed by atoms with Gasteiger partial charge in [0, 0.05) is 15.0 Å². The van der Waals surface area contributed by atoms with E-state index in [1.165, 1.54) is 21.1 Å². The van der Waals surface area contributed by atoms with Crippen LogP contribution in [0.2, 0.25) is 0 Å². The van der Waals surface area contributed by atoms with Gasteiger partial charge in [0.05, 0.1) is 6.04 Å². The lowest BCUT2D eigenvalue weighted by Gasteiger charge is -2.24. The molecule has 0 saturated carbocycles. The molecule has 0 amide bonds. The monoisotopic (exact) mass is 341 g/mol. The molecule has 2 heterocycles. The summed E-state index contributed by atoms with van der Waals surface area (Å²) in [6.07, 6.45) is 1.17. The van der Waals surface area contributed by atoms with Gasteiger partial charge >= 0.3 is 0 Å². The summed E-state index contributed by atoms with van der Waals surface area (Å²) in [5, 5.41) is 5.82. The van der Waals surface area contributed by atoms with Crippen LogP contribution in [-0.2, 0) is 6.42 Å². The molecule has 1 aliphatic rings. The molecule has 1 atom stereocenters. The van der Waals surface area contributed by atoms with E-state index in [2.05, 4.69) is 63.6 Å². The Morgan fingerprint density at radius 2 is 2.25 bits per heavy atom. The Morgan fingerprint density at radius 3 is 3.12 bits per heavy atom. The van der Waals surface area contributed by atoms with Crippen LogP contribution in [0.3, 0.4) is 0 Å². The smallest absolute Gasteiger partial charge is 0.0588 e. The van der Waals surface area contributed by atoms with Crippen LogP contribution in [-0.4, -0.2) is 6.54 Å². The molecule has 1 aliphatic heterocycles. The van der Waals surface area contributed by atoms with E-state index in [9.17, 15) is 0 Å². The molecule has 0 aliphatic carbocycles. The average molecular weight is 341 g/mol. The van der Waals surface area contributed by atoms with Crippen molar-refractivity contribution in [2.45, 2.75) is 12.5 Å². The average Bonchev–Trinajstić information content (AvgIpc) is 2.76. The van der Waals surface area contributed by atoms with Crippen molar-refractivity contribution in [3.8, 4) is 0 Å². The maximum absolute atomic E-state index is 3.61. The van der Waals surface area contributed by atoms with Gasteiger partial charge in [-0.2, -0.15) is 0 Å². The summed E-state index contributed by atoms with van der Waals surface area (Å²) in [5.41, 5.74) is 2.85. The van der Waals surface area contributed by atoms with Crippen molar-refractivity contribution in [3.63, 3.8) is 0 Å². The first kappa shape index (κ1) is 10.7. The van der Waals surface area contributed by atoms with Gasteiger partial charge in [0.1, 0.15) is 0 Å². The predicted octanol–water partition coefficient (Wildman–Crippen LogP) is 3.59. The first-order chi connectivity index (χ1) is 7.84. The molecular formula is C13H12INS. The highest BCUT2D eigenvalue weighted by atomic mass is 127. The van der Waals surface area contributed by atoms with Gasteiger partial charge < -0.3 is 5.32 Å². The zero-order valence-corrected chi connectivity index (χ0v) is 11.7. The fourth-order valence-electron chi connectivity index (χ4n) is 2.23. The van der Waals surface area contributed by atoms with Crippen LogP contribution in [0.1, 0.15) is 22.0 Å². The molecule has 0 saturated heterocycles. The molecule has 0 spiro atoms. The molecule has 2 aromatic rings. The van der Waals surface area contributed by atoms with Crippen molar-refractivity contribution < 1.29 is 0 Å². The van der Waals surface area contributed by atoms with Gasteiger partial charge in [-0.3, -0.25) is 0 Å². The highest BCUT2D eigenvalue weighted by Gasteiger charge is 2.21. The van der Waals surface area contributed by atoms with E-state index in [1.54, 1.807) is 4.88 Å². The molecule has 3 rings (SSSR count). The SMILES string of the molecule is Ic1cccc(C2NCCc3sccc32)c1. The van der Waals surface area contributed by atoms with Crippen molar-refractivity contribution >= 4 is 33.9 Å². The highest BCUT2D eigenvalue weighted by Crippen LogP contribution is 2.32. The Labute approximate surface area is 113 Å². The number of fused-ring (bicyclic) bond motifs is 1. The van der Waals surface area contributed by atoms with Crippen LogP contribution >= 0.6 is 33.9 Å². The van der Waals surface area contributed by atoms with Crippen molar-refractivity contribution in [2.24, 2.45) is 0 Å². The Kier molecular flexibility index (Phi) is 3.00. The first-order valence-corrected chi connectivity index (χ1v) is 7.35.